The fourth-order valence-corrected chi connectivity index (χ4v) is 6.62. The molecule has 0 aliphatic carbocycles. The molecule has 4 amide bonds. The fourth-order valence-electron chi connectivity index (χ4n) is 6.62. The largest absolute Gasteiger partial charge is 0.491 e. The van der Waals surface area contributed by atoms with Crippen LogP contribution in [0.3, 0.4) is 0 Å². The van der Waals surface area contributed by atoms with Crippen molar-refractivity contribution in [2.24, 2.45) is 0 Å². The Hall–Kier alpha value is -4.55. The van der Waals surface area contributed by atoms with Crippen LogP contribution in [0.25, 0.3) is 10.8 Å². The summed E-state index contributed by atoms with van der Waals surface area (Å²) in [6.07, 6.45) is 1.36. The zero-order valence-electron chi connectivity index (χ0n) is 28.8. The number of amides is 4. The van der Waals surface area contributed by atoms with Gasteiger partial charge in [0.2, 0.25) is 17.7 Å². The summed E-state index contributed by atoms with van der Waals surface area (Å²) in [6.45, 7) is 2.00. The van der Waals surface area contributed by atoms with Crippen LogP contribution in [0.15, 0.2) is 60.7 Å². The second kappa shape index (κ2) is 16.2. The molecule has 0 unspecified atom stereocenters. The van der Waals surface area contributed by atoms with Crippen LogP contribution >= 0.6 is 0 Å². The molecule has 1 saturated heterocycles. The minimum absolute atomic E-state index is 0.0142. The van der Waals surface area contributed by atoms with Gasteiger partial charge in [0, 0.05) is 46.2 Å². The van der Waals surface area contributed by atoms with Crippen LogP contribution in [0.4, 0.5) is 4.39 Å². The van der Waals surface area contributed by atoms with E-state index in [4.69, 9.17) is 4.74 Å². The predicted molar refractivity (Wildman–Crippen MR) is 186 cm³/mol. The Morgan fingerprint density at radius 1 is 1.00 bits per heavy atom. The highest BCUT2D eigenvalue weighted by Gasteiger charge is 2.37. The van der Waals surface area contributed by atoms with E-state index in [-0.39, 0.29) is 61.2 Å². The summed E-state index contributed by atoms with van der Waals surface area (Å²) in [4.78, 5) is 60.3. The lowest BCUT2D eigenvalue weighted by Crippen LogP contribution is -2.49. The van der Waals surface area contributed by atoms with Crippen LogP contribution in [0.2, 0.25) is 0 Å². The number of nitrogens with one attached hydrogen (secondary N) is 2. The third kappa shape index (κ3) is 8.93. The van der Waals surface area contributed by atoms with Crippen molar-refractivity contribution in [3.63, 3.8) is 0 Å². The summed E-state index contributed by atoms with van der Waals surface area (Å²) in [7, 11) is 6.79. The van der Waals surface area contributed by atoms with Crippen LogP contribution in [0, 0.1) is 5.82 Å². The lowest BCUT2D eigenvalue weighted by Gasteiger charge is -2.28. The standard InChI is InChI=1S/C37H47FN6O5/c1-41(2)19-18-40-36(47)32-13-15-34(45)42(3)23-35(46)44-22-28(39-17-16-26-10-7-9-25-8-5-6-11-30(25)26)21-29(44)24-49-33-14-12-27(38)20-31(33)37(48)43(32)4/h5-12,14,20,28-29,32,39H,13,15-19,21-24H2,1-4H3,(H,40,47)/t28-,29-,32+/m0/s1. The van der Waals surface area contributed by atoms with E-state index >= 15 is 0 Å². The molecule has 3 aromatic carbocycles. The van der Waals surface area contributed by atoms with Crippen LogP contribution in [-0.4, -0.2) is 129 Å². The number of carbonyl (C=O) groups is 4. The molecule has 0 saturated carbocycles. The molecule has 0 aromatic heterocycles. The third-order valence-corrected chi connectivity index (χ3v) is 9.42. The van der Waals surface area contributed by atoms with Crippen molar-refractivity contribution in [3.05, 3.63) is 77.6 Å². The molecule has 12 heteroatoms. The molecule has 0 bridgehead atoms. The van der Waals surface area contributed by atoms with Crippen molar-refractivity contribution < 1.29 is 28.3 Å². The Labute approximate surface area is 287 Å². The third-order valence-electron chi connectivity index (χ3n) is 9.42. The molecule has 262 valence electrons. The van der Waals surface area contributed by atoms with Gasteiger partial charge in [0.15, 0.2) is 0 Å². The number of fused-ring (bicyclic) bond motifs is 3. The highest BCUT2D eigenvalue weighted by molar-refractivity contribution is 5.99. The lowest BCUT2D eigenvalue weighted by molar-refractivity contribution is -0.140. The van der Waals surface area contributed by atoms with E-state index < -0.39 is 23.7 Å². The van der Waals surface area contributed by atoms with Crippen LogP contribution < -0.4 is 15.4 Å². The number of likely N-dealkylation sites (N-methyl/N-ethyl adjacent to an activating group) is 3. The summed E-state index contributed by atoms with van der Waals surface area (Å²) < 4.78 is 20.7. The van der Waals surface area contributed by atoms with Gasteiger partial charge < -0.3 is 35.0 Å². The van der Waals surface area contributed by atoms with Crippen molar-refractivity contribution in [2.45, 2.75) is 43.8 Å². The number of carbonyl (C=O) groups excluding carboxylic acids is 4. The minimum atomic E-state index is -1.01. The van der Waals surface area contributed by atoms with E-state index in [9.17, 15) is 23.6 Å². The van der Waals surface area contributed by atoms with Gasteiger partial charge in [-0.1, -0.05) is 42.5 Å². The van der Waals surface area contributed by atoms with Crippen molar-refractivity contribution in [2.75, 3.05) is 67.5 Å². The number of nitrogens with zero attached hydrogens (tertiary/aromatic N) is 4. The van der Waals surface area contributed by atoms with Gasteiger partial charge in [0.1, 0.15) is 24.2 Å². The van der Waals surface area contributed by atoms with E-state index in [0.717, 1.165) is 12.5 Å². The molecule has 2 heterocycles. The summed E-state index contributed by atoms with van der Waals surface area (Å²) in [5.74, 6) is -2.04. The molecule has 2 aliphatic rings. The Kier molecular flexibility index (Phi) is 11.8. The first-order valence-electron chi connectivity index (χ1n) is 16.9. The second-order valence-corrected chi connectivity index (χ2v) is 13.2. The number of hydrogen-bond acceptors (Lipinski definition) is 7. The van der Waals surface area contributed by atoms with E-state index in [2.05, 4.69) is 41.0 Å². The van der Waals surface area contributed by atoms with Gasteiger partial charge in [-0.2, -0.15) is 0 Å². The number of rotatable bonds is 8. The normalized spacial score (nSPS) is 20.9. The summed E-state index contributed by atoms with van der Waals surface area (Å²) in [5, 5.41) is 8.86. The maximum Gasteiger partial charge on any atom is 0.258 e. The molecule has 1 fully saturated rings. The minimum Gasteiger partial charge on any atom is -0.491 e. The van der Waals surface area contributed by atoms with Gasteiger partial charge in [-0.25, -0.2) is 4.39 Å². The summed E-state index contributed by atoms with van der Waals surface area (Å²) >= 11 is 0. The highest BCUT2D eigenvalue weighted by atomic mass is 19.1. The van der Waals surface area contributed by atoms with Crippen LogP contribution in [0.5, 0.6) is 5.75 Å². The predicted octanol–water partition coefficient (Wildman–Crippen LogP) is 2.53. The molecule has 11 nitrogen and oxygen atoms in total. The van der Waals surface area contributed by atoms with Crippen LogP contribution in [-0.2, 0) is 20.8 Å². The van der Waals surface area contributed by atoms with Crippen molar-refractivity contribution in [1.82, 2.24) is 30.2 Å². The second-order valence-electron chi connectivity index (χ2n) is 13.2. The molecule has 49 heavy (non-hydrogen) atoms. The molecular weight excluding hydrogens is 627 g/mol. The maximum atomic E-state index is 14.5. The maximum absolute atomic E-state index is 14.5. The Morgan fingerprint density at radius 2 is 1.78 bits per heavy atom. The van der Waals surface area contributed by atoms with Gasteiger partial charge in [-0.05, 0) is 74.4 Å². The number of halogens is 1. The lowest BCUT2D eigenvalue weighted by atomic mass is 10.0. The number of benzene rings is 3. The van der Waals surface area contributed by atoms with Crippen molar-refractivity contribution in [3.8, 4) is 5.75 Å². The Balaban J connectivity index is 1.34. The number of hydrogen-bond donors (Lipinski definition) is 2. The fraction of sp³-hybridized carbons (Fsp3) is 0.459. The van der Waals surface area contributed by atoms with Crippen molar-refractivity contribution >= 4 is 34.4 Å². The molecule has 2 aliphatic heterocycles. The zero-order chi connectivity index (χ0) is 35.1. The first kappa shape index (κ1) is 35.7. The van der Waals surface area contributed by atoms with E-state index in [0.29, 0.717) is 32.6 Å². The first-order valence-corrected chi connectivity index (χ1v) is 16.9. The summed E-state index contributed by atoms with van der Waals surface area (Å²) in [5.41, 5.74) is 1.21. The molecular formula is C37H47FN6O5. The monoisotopic (exact) mass is 674 g/mol. The van der Waals surface area contributed by atoms with Gasteiger partial charge in [0.05, 0.1) is 18.2 Å². The Morgan fingerprint density at radius 3 is 2.57 bits per heavy atom. The zero-order valence-corrected chi connectivity index (χ0v) is 28.8. The number of ether oxygens (including phenoxy) is 1. The van der Waals surface area contributed by atoms with Gasteiger partial charge in [-0.15, -0.1) is 0 Å². The first-order chi connectivity index (χ1) is 23.5. The topological polar surface area (TPSA) is 115 Å². The van der Waals surface area contributed by atoms with Gasteiger partial charge >= 0.3 is 0 Å². The van der Waals surface area contributed by atoms with Crippen molar-refractivity contribution in [1.29, 1.82) is 0 Å². The van der Waals surface area contributed by atoms with E-state index in [1.165, 1.54) is 45.3 Å². The SMILES string of the molecule is CN(C)CCNC(=O)[C@H]1CCC(=O)N(C)CC(=O)N2C[C@@H](NCCc3cccc4ccccc34)C[C@H]2COc2ccc(F)cc2C(=O)N1C. The molecule has 3 atom stereocenters. The average Bonchev–Trinajstić information content (AvgIpc) is 3.49. The molecule has 0 radical (unpaired) electrons. The smallest absolute Gasteiger partial charge is 0.258 e. The molecule has 0 spiro atoms. The quantitative estimate of drug-likeness (QED) is 0.378. The van der Waals surface area contributed by atoms with Crippen LogP contribution in [0.1, 0.15) is 35.2 Å². The highest BCUT2D eigenvalue weighted by Crippen LogP contribution is 2.26. The van der Waals surface area contributed by atoms with Gasteiger partial charge in [-0.3, -0.25) is 19.2 Å². The van der Waals surface area contributed by atoms with E-state index in [1.807, 2.05) is 31.1 Å². The van der Waals surface area contributed by atoms with E-state index in [1.54, 1.807) is 11.9 Å². The molecule has 3 aromatic rings. The Bertz CT molecular complexity index is 1660. The summed E-state index contributed by atoms with van der Waals surface area (Å²) in [6, 6.07) is 16.9. The molecule has 5 rings (SSSR count). The molecule has 2 N–H and O–H groups in total. The average molecular weight is 675 g/mol. The van der Waals surface area contributed by atoms with Gasteiger partial charge in [0.25, 0.3) is 5.91 Å².